The summed E-state index contributed by atoms with van der Waals surface area (Å²) in [5.41, 5.74) is 5.80. The van der Waals surface area contributed by atoms with Crippen LogP contribution in [0.4, 0.5) is 0 Å². The molecule has 0 spiro atoms. The van der Waals surface area contributed by atoms with E-state index in [1.54, 1.807) is 11.0 Å². The highest BCUT2D eigenvalue weighted by atomic mass is 35.5. The van der Waals surface area contributed by atoms with Crippen LogP contribution < -0.4 is 11.1 Å². The molecule has 0 radical (unpaired) electrons. The average molecular weight is 302 g/mol. The molecular weight excluding hydrogens is 278 g/mol. The van der Waals surface area contributed by atoms with Crippen molar-refractivity contribution in [1.29, 1.82) is 0 Å². The normalized spacial score (nSPS) is 17.2. The second kappa shape index (κ2) is 8.92. The summed E-state index contributed by atoms with van der Waals surface area (Å²) in [7, 11) is 0. The van der Waals surface area contributed by atoms with Crippen LogP contribution in [0.1, 0.15) is 38.5 Å². The van der Waals surface area contributed by atoms with Crippen LogP contribution in [0.15, 0.2) is 12.7 Å². The van der Waals surface area contributed by atoms with Crippen LogP contribution in [-0.2, 0) is 11.3 Å². The van der Waals surface area contributed by atoms with Crippen LogP contribution in [0.25, 0.3) is 0 Å². The Morgan fingerprint density at radius 1 is 1.40 bits per heavy atom. The molecule has 1 atom stereocenters. The zero-order valence-corrected chi connectivity index (χ0v) is 12.5. The fourth-order valence-electron chi connectivity index (χ4n) is 2.75. The number of nitrogens with two attached hydrogens (primary N) is 1. The van der Waals surface area contributed by atoms with Crippen molar-refractivity contribution in [2.75, 3.05) is 6.54 Å². The molecule has 20 heavy (non-hydrogen) atoms. The number of aromatic nitrogens is 3. The predicted molar refractivity (Wildman–Crippen MR) is 79.4 cm³/mol. The predicted octanol–water partition coefficient (Wildman–Crippen LogP) is 1.11. The number of carbonyl (C=O) groups excluding carboxylic acids is 1. The van der Waals surface area contributed by atoms with Crippen molar-refractivity contribution in [2.24, 2.45) is 11.7 Å². The fraction of sp³-hybridized carbons (Fsp3) is 0.769. The minimum atomic E-state index is 0. The molecule has 1 aromatic heterocycles. The Balaban J connectivity index is 0.00000200. The summed E-state index contributed by atoms with van der Waals surface area (Å²) in [4.78, 5) is 15.8. The van der Waals surface area contributed by atoms with Gasteiger partial charge in [0.05, 0.1) is 6.54 Å². The van der Waals surface area contributed by atoms with Gasteiger partial charge in [-0.05, 0) is 18.8 Å². The summed E-state index contributed by atoms with van der Waals surface area (Å²) in [6.07, 6.45) is 9.72. The van der Waals surface area contributed by atoms with E-state index in [-0.39, 0.29) is 24.4 Å². The molecule has 6 nitrogen and oxygen atoms in total. The molecule has 1 aromatic rings. The van der Waals surface area contributed by atoms with Gasteiger partial charge in [-0.15, -0.1) is 12.4 Å². The van der Waals surface area contributed by atoms with E-state index in [1.165, 1.54) is 38.4 Å². The Morgan fingerprint density at radius 2 is 2.15 bits per heavy atom. The van der Waals surface area contributed by atoms with Crippen LogP contribution >= 0.6 is 12.4 Å². The third-order valence-electron chi connectivity index (χ3n) is 3.85. The number of amides is 1. The van der Waals surface area contributed by atoms with E-state index in [4.69, 9.17) is 5.73 Å². The summed E-state index contributed by atoms with van der Waals surface area (Å²) >= 11 is 0. The highest BCUT2D eigenvalue weighted by Crippen LogP contribution is 2.26. The SMILES string of the molecule is Cl.NCC(NC(=O)CCn1cncn1)C1CCCCC1. The van der Waals surface area contributed by atoms with Crippen molar-refractivity contribution in [3.8, 4) is 0 Å². The van der Waals surface area contributed by atoms with Gasteiger partial charge < -0.3 is 11.1 Å². The lowest BCUT2D eigenvalue weighted by Gasteiger charge is -2.30. The highest BCUT2D eigenvalue weighted by Gasteiger charge is 2.23. The molecular formula is C13H24ClN5O. The van der Waals surface area contributed by atoms with Gasteiger partial charge in [-0.2, -0.15) is 5.10 Å². The average Bonchev–Trinajstić information content (AvgIpc) is 2.97. The maximum Gasteiger partial charge on any atom is 0.222 e. The molecule has 0 saturated heterocycles. The molecule has 3 N–H and O–H groups in total. The minimum absolute atomic E-state index is 0. The van der Waals surface area contributed by atoms with Crippen molar-refractivity contribution >= 4 is 18.3 Å². The fourth-order valence-corrected chi connectivity index (χ4v) is 2.75. The van der Waals surface area contributed by atoms with Gasteiger partial charge in [0, 0.05) is 19.0 Å². The van der Waals surface area contributed by atoms with E-state index >= 15 is 0 Å². The van der Waals surface area contributed by atoms with Gasteiger partial charge in [0.15, 0.2) is 0 Å². The molecule has 1 aliphatic carbocycles. The third-order valence-corrected chi connectivity index (χ3v) is 3.85. The summed E-state index contributed by atoms with van der Waals surface area (Å²) < 4.78 is 1.66. The van der Waals surface area contributed by atoms with Gasteiger partial charge in [0.2, 0.25) is 5.91 Å². The van der Waals surface area contributed by atoms with Gasteiger partial charge in [0.1, 0.15) is 12.7 Å². The molecule has 114 valence electrons. The lowest BCUT2D eigenvalue weighted by molar-refractivity contribution is -0.122. The van der Waals surface area contributed by atoms with Crippen LogP contribution in [-0.4, -0.2) is 33.3 Å². The van der Waals surface area contributed by atoms with E-state index < -0.39 is 0 Å². The molecule has 0 bridgehead atoms. The maximum atomic E-state index is 11.9. The molecule has 2 rings (SSSR count). The Hall–Kier alpha value is -1.14. The van der Waals surface area contributed by atoms with Gasteiger partial charge in [0.25, 0.3) is 0 Å². The van der Waals surface area contributed by atoms with Gasteiger partial charge in [-0.1, -0.05) is 19.3 Å². The number of halogens is 1. The first kappa shape index (κ1) is 16.9. The van der Waals surface area contributed by atoms with Crippen molar-refractivity contribution in [3.63, 3.8) is 0 Å². The first-order valence-electron chi connectivity index (χ1n) is 7.11. The minimum Gasteiger partial charge on any atom is -0.352 e. The molecule has 1 unspecified atom stereocenters. The first-order chi connectivity index (χ1) is 9.29. The molecule has 1 heterocycles. The van der Waals surface area contributed by atoms with E-state index in [0.29, 0.717) is 25.4 Å². The monoisotopic (exact) mass is 301 g/mol. The molecule has 1 saturated carbocycles. The summed E-state index contributed by atoms with van der Waals surface area (Å²) in [6, 6.07) is 0.128. The molecule has 1 amide bonds. The number of nitrogens with zero attached hydrogens (tertiary/aromatic N) is 3. The van der Waals surface area contributed by atoms with Crippen LogP contribution in [0, 0.1) is 5.92 Å². The van der Waals surface area contributed by atoms with E-state index in [9.17, 15) is 4.79 Å². The van der Waals surface area contributed by atoms with E-state index in [2.05, 4.69) is 15.4 Å². The first-order valence-corrected chi connectivity index (χ1v) is 7.11. The standard InChI is InChI=1S/C13H23N5O.ClH/c14-8-12(11-4-2-1-3-5-11)17-13(19)6-7-18-10-15-9-16-18;/h9-12H,1-8,14H2,(H,17,19);1H. The quantitative estimate of drug-likeness (QED) is 0.824. The van der Waals surface area contributed by atoms with Crippen molar-refractivity contribution in [2.45, 2.75) is 51.1 Å². The third kappa shape index (κ3) is 5.09. The summed E-state index contributed by atoms with van der Waals surface area (Å²) in [6.45, 7) is 1.09. The number of hydrogen-bond donors (Lipinski definition) is 2. The maximum absolute atomic E-state index is 11.9. The second-order valence-corrected chi connectivity index (χ2v) is 5.22. The van der Waals surface area contributed by atoms with Crippen LogP contribution in [0.2, 0.25) is 0 Å². The molecule has 1 fully saturated rings. The molecule has 7 heteroatoms. The lowest BCUT2D eigenvalue weighted by atomic mass is 9.84. The second-order valence-electron chi connectivity index (χ2n) is 5.22. The molecule has 0 aromatic carbocycles. The number of aryl methyl sites for hydroxylation is 1. The zero-order chi connectivity index (χ0) is 13.5. The Bertz CT molecular complexity index is 378. The van der Waals surface area contributed by atoms with Gasteiger partial charge in [-0.25, -0.2) is 4.98 Å². The molecule has 1 aliphatic rings. The number of hydrogen-bond acceptors (Lipinski definition) is 4. The van der Waals surface area contributed by atoms with E-state index in [0.717, 1.165) is 0 Å². The molecule has 0 aliphatic heterocycles. The zero-order valence-electron chi connectivity index (χ0n) is 11.7. The topological polar surface area (TPSA) is 85.8 Å². The number of carbonyl (C=O) groups is 1. The Morgan fingerprint density at radius 3 is 2.75 bits per heavy atom. The largest absolute Gasteiger partial charge is 0.352 e. The summed E-state index contributed by atoms with van der Waals surface area (Å²) in [5.74, 6) is 0.602. The highest BCUT2D eigenvalue weighted by molar-refractivity contribution is 5.85. The number of nitrogens with one attached hydrogen (secondary N) is 1. The summed E-state index contributed by atoms with van der Waals surface area (Å²) in [5, 5.41) is 7.05. The lowest BCUT2D eigenvalue weighted by Crippen LogP contribution is -2.46. The van der Waals surface area contributed by atoms with Crippen molar-refractivity contribution < 1.29 is 4.79 Å². The van der Waals surface area contributed by atoms with Gasteiger partial charge >= 0.3 is 0 Å². The smallest absolute Gasteiger partial charge is 0.222 e. The van der Waals surface area contributed by atoms with Crippen LogP contribution in [0.5, 0.6) is 0 Å². The van der Waals surface area contributed by atoms with Crippen molar-refractivity contribution in [1.82, 2.24) is 20.1 Å². The van der Waals surface area contributed by atoms with Crippen molar-refractivity contribution in [3.05, 3.63) is 12.7 Å². The Kier molecular flexibility index (Phi) is 7.54. The van der Waals surface area contributed by atoms with E-state index in [1.807, 2.05) is 0 Å². The number of rotatable bonds is 6. The van der Waals surface area contributed by atoms with Gasteiger partial charge in [-0.3, -0.25) is 9.48 Å². The van der Waals surface area contributed by atoms with Crippen LogP contribution in [0.3, 0.4) is 0 Å². The Labute approximate surface area is 125 Å².